The van der Waals surface area contributed by atoms with Gasteiger partial charge in [-0.3, -0.25) is 4.79 Å². The van der Waals surface area contributed by atoms with Crippen LogP contribution in [-0.4, -0.2) is 49.6 Å². The Hall–Kier alpha value is -2.15. The lowest BCUT2D eigenvalue weighted by Gasteiger charge is -2.23. The van der Waals surface area contributed by atoms with Gasteiger partial charge in [0.15, 0.2) is 0 Å². The molecule has 1 saturated heterocycles. The molecule has 3 rings (SSSR count). The molecule has 1 N–H and O–H groups in total. The van der Waals surface area contributed by atoms with E-state index in [0.717, 1.165) is 0 Å². The molecule has 1 unspecified atom stereocenters. The van der Waals surface area contributed by atoms with Crippen LogP contribution in [0.2, 0.25) is 0 Å². The van der Waals surface area contributed by atoms with Crippen LogP contribution in [0.3, 0.4) is 0 Å². The molecule has 7 heteroatoms. The molecule has 1 fully saturated rings. The first-order valence-electron chi connectivity index (χ1n) is 6.90. The van der Waals surface area contributed by atoms with E-state index in [-0.39, 0.29) is 12.5 Å². The highest BCUT2D eigenvalue weighted by Crippen LogP contribution is 2.26. The molecule has 1 aliphatic rings. The lowest BCUT2D eigenvalue weighted by Crippen LogP contribution is -2.39. The second-order valence-corrected chi connectivity index (χ2v) is 5.63. The van der Waals surface area contributed by atoms with Crippen LogP contribution in [0.15, 0.2) is 22.9 Å². The van der Waals surface area contributed by atoms with Crippen molar-refractivity contribution in [3.05, 3.63) is 35.5 Å². The van der Waals surface area contributed by atoms with Crippen molar-refractivity contribution in [1.29, 1.82) is 0 Å². The molecule has 3 heterocycles. The largest absolute Gasteiger partial charge is 0.466 e. The maximum Gasteiger partial charge on any atom is 0.257 e. The zero-order valence-corrected chi connectivity index (χ0v) is 12.1. The van der Waals surface area contributed by atoms with E-state index in [1.165, 1.54) is 0 Å². The molecule has 0 radical (unpaired) electrons. The molecule has 112 valence electrons. The van der Waals surface area contributed by atoms with Crippen molar-refractivity contribution in [1.82, 2.24) is 19.9 Å². The number of rotatable bonds is 3. The van der Waals surface area contributed by atoms with Crippen molar-refractivity contribution in [2.45, 2.75) is 32.4 Å². The third kappa shape index (κ3) is 2.69. The van der Waals surface area contributed by atoms with Crippen LogP contribution in [0.1, 0.15) is 28.3 Å². The first kappa shape index (κ1) is 13.8. The van der Waals surface area contributed by atoms with Gasteiger partial charge in [0.2, 0.25) is 0 Å². The number of furan rings is 1. The van der Waals surface area contributed by atoms with Crippen molar-refractivity contribution < 1.29 is 14.3 Å². The number of amides is 1. The van der Waals surface area contributed by atoms with Gasteiger partial charge in [0, 0.05) is 12.7 Å². The Bertz CT molecular complexity index is 649. The molecule has 0 spiro atoms. The minimum Gasteiger partial charge on any atom is -0.466 e. The zero-order valence-electron chi connectivity index (χ0n) is 12.1. The first-order chi connectivity index (χ1) is 9.97. The number of β-amino-alcohol motifs (C(OH)–C–C–N with tert-alkyl or cyclic N) is 1. The van der Waals surface area contributed by atoms with E-state index in [0.29, 0.717) is 36.6 Å². The van der Waals surface area contributed by atoms with E-state index in [1.807, 2.05) is 6.92 Å². The van der Waals surface area contributed by atoms with Crippen molar-refractivity contribution >= 4 is 5.91 Å². The minimum absolute atomic E-state index is 0.0983. The number of likely N-dealkylation sites (tertiary alicyclic amines) is 1. The Labute approximate surface area is 122 Å². The van der Waals surface area contributed by atoms with Gasteiger partial charge in [-0.1, -0.05) is 5.21 Å². The van der Waals surface area contributed by atoms with Gasteiger partial charge >= 0.3 is 0 Å². The maximum atomic E-state index is 12.5. The normalized spacial score (nSPS) is 22.0. The predicted molar refractivity (Wildman–Crippen MR) is 73.7 cm³/mol. The van der Waals surface area contributed by atoms with Gasteiger partial charge in [0.05, 0.1) is 24.8 Å². The predicted octanol–water partition coefficient (Wildman–Crippen LogP) is 0.765. The van der Waals surface area contributed by atoms with Crippen molar-refractivity contribution in [2.75, 3.05) is 13.1 Å². The van der Waals surface area contributed by atoms with Crippen molar-refractivity contribution in [3.8, 4) is 0 Å². The first-order valence-corrected chi connectivity index (χ1v) is 6.90. The minimum atomic E-state index is -0.962. The summed E-state index contributed by atoms with van der Waals surface area (Å²) in [4.78, 5) is 14.2. The smallest absolute Gasteiger partial charge is 0.257 e. The van der Waals surface area contributed by atoms with Crippen molar-refractivity contribution in [3.63, 3.8) is 0 Å². The van der Waals surface area contributed by atoms with Gasteiger partial charge in [-0.15, -0.1) is 5.10 Å². The van der Waals surface area contributed by atoms with Crippen LogP contribution in [0, 0.1) is 13.8 Å². The topological polar surface area (TPSA) is 84.4 Å². The second-order valence-electron chi connectivity index (χ2n) is 5.63. The SMILES string of the molecule is Cc1cc(C(=O)N2CCC(O)(Cn3ccnn3)C2)c(C)o1. The summed E-state index contributed by atoms with van der Waals surface area (Å²) in [6.07, 6.45) is 3.79. The molecule has 1 atom stereocenters. The number of hydrogen-bond donors (Lipinski definition) is 1. The summed E-state index contributed by atoms with van der Waals surface area (Å²) >= 11 is 0. The average Bonchev–Trinajstić information content (AvgIpc) is 3.11. The Morgan fingerprint density at radius 3 is 2.95 bits per heavy atom. The van der Waals surface area contributed by atoms with Crippen LogP contribution in [-0.2, 0) is 6.54 Å². The third-order valence-electron chi connectivity index (χ3n) is 3.82. The summed E-state index contributed by atoms with van der Waals surface area (Å²) in [5.74, 6) is 1.23. The van der Waals surface area contributed by atoms with Gasteiger partial charge in [0.25, 0.3) is 5.91 Å². The molecule has 21 heavy (non-hydrogen) atoms. The summed E-state index contributed by atoms with van der Waals surface area (Å²) in [6.45, 7) is 4.73. The van der Waals surface area contributed by atoms with Gasteiger partial charge in [-0.05, 0) is 26.3 Å². The van der Waals surface area contributed by atoms with Crippen LogP contribution < -0.4 is 0 Å². The number of aryl methyl sites for hydroxylation is 2. The fourth-order valence-corrected chi connectivity index (χ4v) is 2.79. The summed E-state index contributed by atoms with van der Waals surface area (Å²) in [7, 11) is 0. The summed E-state index contributed by atoms with van der Waals surface area (Å²) in [5, 5.41) is 18.2. The Kier molecular flexibility index (Phi) is 3.29. The molecule has 2 aromatic heterocycles. The fourth-order valence-electron chi connectivity index (χ4n) is 2.79. The highest BCUT2D eigenvalue weighted by Gasteiger charge is 2.39. The van der Waals surface area contributed by atoms with E-state index in [2.05, 4.69) is 10.3 Å². The van der Waals surface area contributed by atoms with Gasteiger partial charge in [-0.25, -0.2) is 4.68 Å². The lowest BCUT2D eigenvalue weighted by atomic mass is 10.0. The number of aromatic nitrogens is 3. The van der Waals surface area contributed by atoms with E-state index in [9.17, 15) is 9.90 Å². The number of carbonyl (C=O) groups excluding carboxylic acids is 1. The standard InChI is InChI=1S/C14H18N4O3/c1-10-7-12(11(2)21-10)13(19)17-5-3-14(20,8-17)9-18-6-4-15-16-18/h4,6-7,20H,3,5,8-9H2,1-2H3. The average molecular weight is 290 g/mol. The van der Waals surface area contributed by atoms with E-state index in [1.54, 1.807) is 35.0 Å². The molecule has 2 aromatic rings. The number of aliphatic hydroxyl groups is 1. The number of hydrogen-bond acceptors (Lipinski definition) is 5. The summed E-state index contributed by atoms with van der Waals surface area (Å²) in [5.41, 5.74) is -0.395. The van der Waals surface area contributed by atoms with Crippen LogP contribution in [0.25, 0.3) is 0 Å². The quantitative estimate of drug-likeness (QED) is 0.902. The highest BCUT2D eigenvalue weighted by molar-refractivity contribution is 5.95. The van der Waals surface area contributed by atoms with E-state index < -0.39 is 5.60 Å². The molecular weight excluding hydrogens is 272 g/mol. The lowest BCUT2D eigenvalue weighted by molar-refractivity contribution is 0.0266. The second kappa shape index (κ2) is 5.00. The van der Waals surface area contributed by atoms with E-state index >= 15 is 0 Å². The number of carbonyl (C=O) groups is 1. The molecule has 0 aromatic carbocycles. The van der Waals surface area contributed by atoms with Crippen LogP contribution >= 0.6 is 0 Å². The Balaban J connectivity index is 1.71. The fraction of sp³-hybridized carbons (Fsp3) is 0.500. The monoisotopic (exact) mass is 290 g/mol. The highest BCUT2D eigenvalue weighted by atomic mass is 16.3. The Morgan fingerprint density at radius 2 is 2.33 bits per heavy atom. The third-order valence-corrected chi connectivity index (χ3v) is 3.82. The molecule has 0 aliphatic carbocycles. The van der Waals surface area contributed by atoms with Gasteiger partial charge < -0.3 is 14.4 Å². The molecule has 1 amide bonds. The van der Waals surface area contributed by atoms with Gasteiger partial charge in [-0.2, -0.15) is 0 Å². The van der Waals surface area contributed by atoms with Crippen LogP contribution in [0.5, 0.6) is 0 Å². The summed E-state index contributed by atoms with van der Waals surface area (Å²) in [6, 6.07) is 1.74. The Morgan fingerprint density at radius 1 is 1.52 bits per heavy atom. The number of nitrogens with zero attached hydrogens (tertiary/aromatic N) is 4. The molecule has 0 bridgehead atoms. The molecule has 0 saturated carbocycles. The van der Waals surface area contributed by atoms with Crippen molar-refractivity contribution in [2.24, 2.45) is 0 Å². The van der Waals surface area contributed by atoms with Crippen LogP contribution in [0.4, 0.5) is 0 Å². The zero-order chi connectivity index (χ0) is 15.0. The maximum absolute atomic E-state index is 12.5. The van der Waals surface area contributed by atoms with Gasteiger partial charge in [0.1, 0.15) is 17.1 Å². The summed E-state index contributed by atoms with van der Waals surface area (Å²) < 4.78 is 6.98. The molecule has 7 nitrogen and oxygen atoms in total. The molecular formula is C14H18N4O3. The van der Waals surface area contributed by atoms with E-state index in [4.69, 9.17) is 4.42 Å². The molecule has 1 aliphatic heterocycles.